The third kappa shape index (κ3) is 7.64. The van der Waals surface area contributed by atoms with Gasteiger partial charge in [-0.2, -0.15) is 4.79 Å². The lowest BCUT2D eigenvalue weighted by molar-refractivity contribution is -0.148. The van der Waals surface area contributed by atoms with Crippen LogP contribution in [0.5, 0.6) is 11.5 Å². The number of ketones is 1. The zero-order valence-electron chi connectivity index (χ0n) is 30.4. The molecule has 2 N–H and O–H groups in total. The molecule has 5 atom stereocenters. The number of aromatic nitrogens is 1. The molecule has 1 aromatic carbocycles. The predicted molar refractivity (Wildman–Crippen MR) is 188 cm³/mol. The topological polar surface area (TPSA) is 199 Å². The number of ether oxygens (including phenoxy) is 4. The largest absolute Gasteiger partial charge is 0.496 e. The molecule has 5 rings (SSSR count). The highest BCUT2D eigenvalue weighted by molar-refractivity contribution is 6.33. The summed E-state index contributed by atoms with van der Waals surface area (Å²) in [5.41, 5.74) is 7.86. The number of likely N-dealkylation sites (tertiary alicyclic amines) is 1. The Morgan fingerprint density at radius 3 is 2.42 bits per heavy atom. The first-order valence-corrected chi connectivity index (χ1v) is 17.3. The van der Waals surface area contributed by atoms with Gasteiger partial charge in [-0.05, 0) is 56.6 Å². The van der Waals surface area contributed by atoms with Crippen LogP contribution in [0.25, 0.3) is 16.4 Å². The fourth-order valence-electron chi connectivity index (χ4n) is 7.11. The molecule has 3 fully saturated rings. The Kier molecular flexibility index (Phi) is 11.0. The summed E-state index contributed by atoms with van der Waals surface area (Å²) >= 11 is 0. The molecule has 3 amide bonds. The summed E-state index contributed by atoms with van der Waals surface area (Å²) in [5.74, 6) is -2.07. The van der Waals surface area contributed by atoms with Crippen molar-refractivity contribution in [3.05, 3.63) is 47.6 Å². The summed E-state index contributed by atoms with van der Waals surface area (Å²) in [6, 6.07) is 2.64. The summed E-state index contributed by atoms with van der Waals surface area (Å²) in [4.78, 5) is 76.1. The smallest absolute Gasteiger partial charge is 0.408 e. The van der Waals surface area contributed by atoms with Crippen LogP contribution in [0, 0.1) is 18.3 Å². The Balaban J connectivity index is 1.50. The molecule has 0 unspecified atom stereocenters. The molecule has 2 heterocycles. The Morgan fingerprint density at radius 2 is 1.83 bits per heavy atom. The Morgan fingerprint density at radius 1 is 1.12 bits per heavy atom. The molecule has 2 aliphatic carbocycles. The molecule has 15 nitrogen and oxygen atoms in total. The number of pyridine rings is 1. The number of methoxy groups -OCH3 is 2. The van der Waals surface area contributed by atoms with Gasteiger partial charge in [-0.25, -0.2) is 14.6 Å². The monoisotopic (exact) mass is 718 g/mol. The van der Waals surface area contributed by atoms with Gasteiger partial charge in [-0.1, -0.05) is 26.8 Å². The van der Waals surface area contributed by atoms with Gasteiger partial charge in [0, 0.05) is 29.4 Å². The van der Waals surface area contributed by atoms with Gasteiger partial charge in [0.15, 0.2) is 0 Å². The highest BCUT2D eigenvalue weighted by atomic mass is 16.6. The molecule has 1 aliphatic heterocycles. The quantitative estimate of drug-likeness (QED) is 0.0815. The lowest BCUT2D eigenvalue weighted by atomic mass is 9.85. The third-order valence-electron chi connectivity index (χ3n) is 10.1. The molecular formula is C37H46N6O9. The maximum Gasteiger partial charge on any atom is 0.408 e. The van der Waals surface area contributed by atoms with Crippen molar-refractivity contribution in [1.29, 1.82) is 0 Å². The van der Waals surface area contributed by atoms with Crippen molar-refractivity contribution in [2.75, 3.05) is 20.8 Å². The van der Waals surface area contributed by atoms with Crippen molar-refractivity contribution < 1.29 is 47.7 Å². The van der Waals surface area contributed by atoms with Crippen LogP contribution >= 0.6 is 0 Å². The van der Waals surface area contributed by atoms with Crippen molar-refractivity contribution in [2.24, 2.45) is 11.3 Å². The summed E-state index contributed by atoms with van der Waals surface area (Å²) in [6.07, 6.45) is 4.23. The van der Waals surface area contributed by atoms with Crippen LogP contribution < -0.4 is 20.1 Å². The number of fused-ring (bicyclic) bond motifs is 1. The average molecular weight is 719 g/mol. The standard InChI is InChI=1S/C37H46N6O9/c1-8-21-17-37(21,34(47)50-7)42-32(45)26-15-23(19-43(26)33(46)31(36(3,4)5)41-35(48)52-22-11-9-10-12-22)51-29-16-25(27(44)18-39-38)40-30-20(2)28(49-6)14-13-24(29)30/h8,13-14,16,18,21-23,26,31H,1,9-12,15,17,19H2,2-7H3,(H,41,48)(H,42,45)/t21-,23-,26+,31-,37-/m1/s1. The Bertz CT molecular complexity index is 1830. The third-order valence-corrected chi connectivity index (χ3v) is 10.1. The minimum absolute atomic E-state index is 0.00268. The number of rotatable bonds is 12. The molecule has 1 saturated heterocycles. The second kappa shape index (κ2) is 15.1. The van der Waals surface area contributed by atoms with Gasteiger partial charge in [-0.15, -0.1) is 6.58 Å². The van der Waals surface area contributed by atoms with E-state index >= 15 is 0 Å². The number of carbonyl (C=O) groups is 5. The van der Waals surface area contributed by atoms with E-state index in [0.717, 1.165) is 25.7 Å². The second-order valence-electron chi connectivity index (χ2n) is 14.6. The minimum Gasteiger partial charge on any atom is -0.496 e. The molecule has 15 heteroatoms. The van der Waals surface area contributed by atoms with Gasteiger partial charge in [0.1, 0.15) is 47.0 Å². The number of hydrogen-bond donors (Lipinski definition) is 2. The Labute approximate surface area is 302 Å². The van der Waals surface area contributed by atoms with Gasteiger partial charge < -0.3 is 40.0 Å². The fraction of sp³-hybridized carbons (Fsp3) is 0.541. The zero-order valence-corrected chi connectivity index (χ0v) is 30.4. The molecule has 0 bridgehead atoms. The van der Waals surface area contributed by atoms with Gasteiger partial charge in [0.2, 0.25) is 11.8 Å². The molecule has 3 aliphatic rings. The maximum absolute atomic E-state index is 14.5. The van der Waals surface area contributed by atoms with Crippen LogP contribution in [0.2, 0.25) is 0 Å². The summed E-state index contributed by atoms with van der Waals surface area (Å²) < 4.78 is 22.6. The van der Waals surface area contributed by atoms with Crippen LogP contribution in [0.15, 0.2) is 30.9 Å². The highest BCUT2D eigenvalue weighted by Gasteiger charge is 2.62. The van der Waals surface area contributed by atoms with Crippen LogP contribution in [0.4, 0.5) is 4.79 Å². The number of alkyl carbamates (subject to hydrolysis) is 1. The van der Waals surface area contributed by atoms with E-state index in [9.17, 15) is 24.0 Å². The van der Waals surface area contributed by atoms with Crippen LogP contribution in [-0.2, 0) is 23.9 Å². The van der Waals surface area contributed by atoms with E-state index in [1.54, 1.807) is 45.9 Å². The molecule has 278 valence electrons. The number of benzene rings is 1. The number of hydrogen-bond acceptors (Lipinski definition) is 10. The summed E-state index contributed by atoms with van der Waals surface area (Å²) in [6.45, 7) is 10.8. The number of nitrogens with one attached hydrogen (secondary N) is 2. The van der Waals surface area contributed by atoms with Gasteiger partial charge >= 0.3 is 18.3 Å². The number of nitrogens with zero attached hydrogens (tertiary/aromatic N) is 4. The van der Waals surface area contributed by atoms with Gasteiger partial charge in [-0.3, -0.25) is 14.4 Å². The first-order valence-electron chi connectivity index (χ1n) is 17.3. The number of esters is 1. The van der Waals surface area contributed by atoms with Gasteiger partial charge in [0.05, 0.1) is 26.3 Å². The molecule has 0 spiro atoms. The van der Waals surface area contributed by atoms with E-state index in [2.05, 4.69) is 27.0 Å². The van der Waals surface area contributed by atoms with Crippen molar-refractivity contribution in [3.63, 3.8) is 0 Å². The average Bonchev–Trinajstić information content (AvgIpc) is 3.37. The second-order valence-corrected chi connectivity index (χ2v) is 14.6. The van der Waals surface area contributed by atoms with E-state index in [1.807, 2.05) is 0 Å². The van der Waals surface area contributed by atoms with Crippen molar-refractivity contribution in [2.45, 2.75) is 96.1 Å². The van der Waals surface area contributed by atoms with E-state index in [1.165, 1.54) is 25.2 Å². The van der Waals surface area contributed by atoms with E-state index in [0.29, 0.717) is 28.4 Å². The lowest BCUT2D eigenvalue weighted by Crippen LogP contribution is -2.59. The molecular weight excluding hydrogens is 672 g/mol. The molecule has 1 aromatic heterocycles. The SMILES string of the molecule is C=C[C@@H]1C[C@]1(NC(=O)[C@@H]1C[C@@H](Oc2cc(C(=O)C=[N+]=[N-])nc3c(C)c(OC)ccc23)CN1C(=O)[C@@H](NC(=O)OC1CCCC1)C(C)(C)C)C(=O)OC. The van der Waals surface area contributed by atoms with E-state index in [-0.39, 0.29) is 42.9 Å². The molecule has 2 aromatic rings. The van der Waals surface area contributed by atoms with Crippen LogP contribution in [0.1, 0.15) is 75.3 Å². The van der Waals surface area contributed by atoms with E-state index < -0.39 is 58.8 Å². The number of carbonyl (C=O) groups excluding carboxylic acids is 5. The first kappa shape index (κ1) is 37.9. The van der Waals surface area contributed by atoms with Crippen molar-refractivity contribution >= 4 is 46.8 Å². The zero-order chi connectivity index (χ0) is 38.0. The maximum atomic E-state index is 14.5. The van der Waals surface area contributed by atoms with Crippen molar-refractivity contribution in [1.82, 2.24) is 20.5 Å². The summed E-state index contributed by atoms with van der Waals surface area (Å²) in [7, 11) is 2.74. The normalized spacial score (nSPS) is 23.2. The van der Waals surface area contributed by atoms with E-state index in [4.69, 9.17) is 24.5 Å². The predicted octanol–water partition coefficient (Wildman–Crippen LogP) is 3.70. The first-order chi connectivity index (χ1) is 24.7. The molecule has 0 radical (unpaired) electrons. The number of amides is 3. The summed E-state index contributed by atoms with van der Waals surface area (Å²) in [5, 5.41) is 6.12. The van der Waals surface area contributed by atoms with Gasteiger partial charge in [0.25, 0.3) is 5.78 Å². The Hall–Kier alpha value is -5.30. The van der Waals surface area contributed by atoms with Crippen LogP contribution in [0.3, 0.4) is 0 Å². The number of aryl methyl sites for hydroxylation is 1. The van der Waals surface area contributed by atoms with Crippen LogP contribution in [-0.4, -0.2) is 101 Å². The molecule has 52 heavy (non-hydrogen) atoms. The fourth-order valence-corrected chi connectivity index (χ4v) is 7.11. The lowest BCUT2D eigenvalue weighted by Gasteiger charge is -2.35. The number of Topliss-reactive ketones (excluding diaryl/α,β-unsaturated/α-hetero) is 1. The van der Waals surface area contributed by atoms with Crippen molar-refractivity contribution in [3.8, 4) is 11.5 Å². The molecule has 2 saturated carbocycles. The minimum atomic E-state index is -1.32. The highest BCUT2D eigenvalue weighted by Crippen LogP contribution is 2.46.